The fraction of sp³-hybridized carbons (Fsp3) is 0.375. The number of benzene rings is 1. The lowest BCUT2D eigenvalue weighted by atomic mass is 9.92. The molecule has 1 aliphatic rings. The van der Waals surface area contributed by atoms with Crippen molar-refractivity contribution >= 4 is 11.3 Å². The number of thiophene rings is 1. The molecule has 100 valence electrons. The number of hydrogen-bond donors (Lipinski definition) is 1. The second-order valence-electron chi connectivity index (χ2n) is 5.07. The van der Waals surface area contributed by atoms with Crippen molar-refractivity contribution < 1.29 is 9.84 Å². The SMILES string of the molecule is Cc1cscc1C(O)CC1OCCc2ccccc21. The first kappa shape index (κ1) is 12.9. The first-order chi connectivity index (χ1) is 9.25. The second kappa shape index (κ2) is 5.45. The lowest BCUT2D eigenvalue weighted by Gasteiger charge is -2.27. The van der Waals surface area contributed by atoms with Gasteiger partial charge in [-0.05, 0) is 46.4 Å². The van der Waals surface area contributed by atoms with Gasteiger partial charge in [0.1, 0.15) is 0 Å². The Bertz CT molecular complexity index is 561. The van der Waals surface area contributed by atoms with E-state index in [4.69, 9.17) is 4.74 Å². The summed E-state index contributed by atoms with van der Waals surface area (Å²) in [7, 11) is 0. The highest BCUT2D eigenvalue weighted by atomic mass is 32.1. The van der Waals surface area contributed by atoms with Gasteiger partial charge in [0, 0.05) is 6.42 Å². The third-order valence-electron chi connectivity index (χ3n) is 3.78. The van der Waals surface area contributed by atoms with E-state index in [1.807, 2.05) is 18.4 Å². The van der Waals surface area contributed by atoms with E-state index in [1.54, 1.807) is 11.3 Å². The van der Waals surface area contributed by atoms with E-state index in [1.165, 1.54) is 16.7 Å². The summed E-state index contributed by atoms with van der Waals surface area (Å²) in [5.41, 5.74) is 4.80. The third kappa shape index (κ3) is 2.59. The van der Waals surface area contributed by atoms with Crippen LogP contribution < -0.4 is 0 Å². The average molecular weight is 274 g/mol. The molecule has 0 saturated carbocycles. The van der Waals surface area contributed by atoms with Gasteiger partial charge in [-0.25, -0.2) is 0 Å². The first-order valence-electron chi connectivity index (χ1n) is 6.66. The molecule has 0 spiro atoms. The van der Waals surface area contributed by atoms with Crippen LogP contribution in [0.3, 0.4) is 0 Å². The average Bonchev–Trinajstić information content (AvgIpc) is 2.85. The van der Waals surface area contributed by atoms with Gasteiger partial charge in [-0.2, -0.15) is 11.3 Å². The van der Waals surface area contributed by atoms with Gasteiger partial charge in [-0.15, -0.1) is 0 Å². The summed E-state index contributed by atoms with van der Waals surface area (Å²) < 4.78 is 5.86. The van der Waals surface area contributed by atoms with Crippen LogP contribution >= 0.6 is 11.3 Å². The summed E-state index contributed by atoms with van der Waals surface area (Å²) in [5, 5.41) is 14.5. The lowest BCUT2D eigenvalue weighted by molar-refractivity contribution is 0.00374. The number of aliphatic hydroxyl groups is 1. The zero-order valence-electron chi connectivity index (χ0n) is 11.0. The molecule has 0 amide bonds. The zero-order chi connectivity index (χ0) is 13.2. The van der Waals surface area contributed by atoms with Crippen molar-refractivity contribution in [3.8, 4) is 0 Å². The minimum absolute atomic E-state index is 0.0132. The Morgan fingerprint density at radius 1 is 1.37 bits per heavy atom. The summed E-state index contributed by atoms with van der Waals surface area (Å²) in [5.74, 6) is 0. The fourth-order valence-corrected chi connectivity index (χ4v) is 3.61. The van der Waals surface area contributed by atoms with Crippen molar-refractivity contribution in [3.63, 3.8) is 0 Å². The van der Waals surface area contributed by atoms with Gasteiger partial charge in [0.15, 0.2) is 0 Å². The van der Waals surface area contributed by atoms with E-state index >= 15 is 0 Å². The number of hydrogen-bond acceptors (Lipinski definition) is 3. The Morgan fingerprint density at radius 2 is 2.21 bits per heavy atom. The summed E-state index contributed by atoms with van der Waals surface area (Å²) in [6.45, 7) is 2.79. The minimum Gasteiger partial charge on any atom is -0.388 e. The largest absolute Gasteiger partial charge is 0.388 e. The maximum Gasteiger partial charge on any atom is 0.0855 e. The van der Waals surface area contributed by atoms with Crippen molar-refractivity contribution in [2.75, 3.05) is 6.61 Å². The molecule has 0 fully saturated rings. The Morgan fingerprint density at radius 3 is 3.00 bits per heavy atom. The maximum atomic E-state index is 10.4. The van der Waals surface area contributed by atoms with Crippen LogP contribution in [0.4, 0.5) is 0 Å². The van der Waals surface area contributed by atoms with Gasteiger partial charge in [-0.3, -0.25) is 0 Å². The zero-order valence-corrected chi connectivity index (χ0v) is 11.8. The van der Waals surface area contributed by atoms with Crippen molar-refractivity contribution in [2.45, 2.75) is 32.0 Å². The van der Waals surface area contributed by atoms with Crippen LogP contribution in [-0.2, 0) is 11.2 Å². The standard InChI is InChI=1S/C16H18O2S/c1-11-9-19-10-14(11)15(17)8-16-13-5-3-2-4-12(13)6-7-18-16/h2-5,9-10,15-17H,6-8H2,1H3. The van der Waals surface area contributed by atoms with E-state index in [2.05, 4.69) is 23.6 Å². The van der Waals surface area contributed by atoms with E-state index in [0.717, 1.165) is 18.6 Å². The summed E-state index contributed by atoms with van der Waals surface area (Å²) >= 11 is 1.64. The van der Waals surface area contributed by atoms with Crippen LogP contribution in [-0.4, -0.2) is 11.7 Å². The quantitative estimate of drug-likeness (QED) is 0.922. The maximum absolute atomic E-state index is 10.4. The van der Waals surface area contributed by atoms with Crippen molar-refractivity contribution in [1.82, 2.24) is 0 Å². The van der Waals surface area contributed by atoms with E-state index in [0.29, 0.717) is 6.42 Å². The molecule has 1 aromatic carbocycles. The van der Waals surface area contributed by atoms with Crippen molar-refractivity contribution in [1.29, 1.82) is 0 Å². The molecule has 0 bridgehead atoms. The smallest absolute Gasteiger partial charge is 0.0855 e. The van der Waals surface area contributed by atoms with Gasteiger partial charge in [-0.1, -0.05) is 24.3 Å². The molecule has 0 aliphatic carbocycles. The van der Waals surface area contributed by atoms with Crippen molar-refractivity contribution in [3.05, 3.63) is 57.3 Å². The third-order valence-corrected chi connectivity index (χ3v) is 4.66. The highest BCUT2D eigenvalue weighted by Crippen LogP contribution is 2.35. The normalized spacial score (nSPS) is 20.0. The molecule has 2 unspecified atom stereocenters. The van der Waals surface area contributed by atoms with Crippen LogP contribution in [0.1, 0.15) is 40.9 Å². The number of rotatable bonds is 3. The van der Waals surface area contributed by atoms with Gasteiger partial charge in [0.25, 0.3) is 0 Å². The van der Waals surface area contributed by atoms with Crippen molar-refractivity contribution in [2.24, 2.45) is 0 Å². The first-order valence-corrected chi connectivity index (χ1v) is 7.60. The second-order valence-corrected chi connectivity index (χ2v) is 5.81. The molecule has 19 heavy (non-hydrogen) atoms. The molecule has 2 atom stereocenters. The predicted molar refractivity (Wildman–Crippen MR) is 77.5 cm³/mol. The molecule has 1 aromatic heterocycles. The van der Waals surface area contributed by atoms with Crippen LogP contribution in [0.2, 0.25) is 0 Å². The van der Waals surface area contributed by atoms with E-state index in [-0.39, 0.29) is 6.10 Å². The van der Waals surface area contributed by atoms with Crippen LogP contribution in [0, 0.1) is 6.92 Å². The highest BCUT2D eigenvalue weighted by Gasteiger charge is 2.24. The topological polar surface area (TPSA) is 29.5 Å². The molecular formula is C16H18O2S. The fourth-order valence-electron chi connectivity index (χ4n) is 2.71. The minimum atomic E-state index is -0.442. The highest BCUT2D eigenvalue weighted by molar-refractivity contribution is 7.08. The number of ether oxygens (including phenoxy) is 1. The Labute approximate surface area is 117 Å². The number of fused-ring (bicyclic) bond motifs is 1. The monoisotopic (exact) mass is 274 g/mol. The molecule has 0 radical (unpaired) electrons. The van der Waals surface area contributed by atoms with E-state index < -0.39 is 6.10 Å². The molecule has 0 saturated heterocycles. The van der Waals surface area contributed by atoms with E-state index in [9.17, 15) is 5.11 Å². The van der Waals surface area contributed by atoms with Gasteiger partial charge in [0.2, 0.25) is 0 Å². The molecular weight excluding hydrogens is 256 g/mol. The molecule has 2 aromatic rings. The summed E-state index contributed by atoms with van der Waals surface area (Å²) in [6.07, 6.45) is 1.18. The molecule has 2 nitrogen and oxygen atoms in total. The van der Waals surface area contributed by atoms with Gasteiger partial charge >= 0.3 is 0 Å². The van der Waals surface area contributed by atoms with Crippen LogP contribution in [0.25, 0.3) is 0 Å². The number of aliphatic hydroxyl groups excluding tert-OH is 1. The predicted octanol–water partition coefficient (Wildman–Crippen LogP) is 3.79. The molecule has 3 rings (SSSR count). The molecule has 1 N–H and O–H groups in total. The lowest BCUT2D eigenvalue weighted by Crippen LogP contribution is -2.18. The number of aryl methyl sites for hydroxylation is 1. The summed E-state index contributed by atoms with van der Waals surface area (Å²) in [6, 6.07) is 8.39. The Hall–Kier alpha value is -1.16. The summed E-state index contributed by atoms with van der Waals surface area (Å²) in [4.78, 5) is 0. The van der Waals surface area contributed by atoms with Gasteiger partial charge < -0.3 is 9.84 Å². The van der Waals surface area contributed by atoms with Crippen LogP contribution in [0.5, 0.6) is 0 Å². The molecule has 3 heteroatoms. The van der Waals surface area contributed by atoms with Crippen LogP contribution in [0.15, 0.2) is 35.0 Å². The Balaban J connectivity index is 1.80. The molecule has 2 heterocycles. The Kier molecular flexibility index (Phi) is 3.69. The molecule has 1 aliphatic heterocycles. The van der Waals surface area contributed by atoms with Gasteiger partial charge in [0.05, 0.1) is 18.8 Å².